The third-order valence-electron chi connectivity index (χ3n) is 4.33. The largest absolute Gasteiger partial charge is 0.356 e. The number of rotatable bonds is 6. The van der Waals surface area contributed by atoms with Gasteiger partial charge in [-0.15, -0.1) is 24.0 Å². The second-order valence-corrected chi connectivity index (χ2v) is 5.76. The maximum Gasteiger partial charge on any atom is 0.190 e. The molecule has 1 aliphatic heterocycles. The van der Waals surface area contributed by atoms with Gasteiger partial charge in [0.1, 0.15) is 0 Å². The van der Waals surface area contributed by atoms with E-state index in [1.807, 2.05) is 7.05 Å². The van der Waals surface area contributed by atoms with Crippen LogP contribution in [0.1, 0.15) is 39.5 Å². The first-order valence-electron chi connectivity index (χ1n) is 7.82. The molecule has 2 N–H and O–H groups in total. The Labute approximate surface area is 142 Å². The molecule has 1 heterocycles. The van der Waals surface area contributed by atoms with Gasteiger partial charge in [0.05, 0.1) is 0 Å². The van der Waals surface area contributed by atoms with Crippen LogP contribution in [0.4, 0.5) is 0 Å². The first kappa shape index (κ1) is 20.0. The predicted molar refractivity (Wildman–Crippen MR) is 99.1 cm³/mol. The van der Waals surface area contributed by atoms with Gasteiger partial charge >= 0.3 is 0 Å². The molecule has 0 aromatic heterocycles. The Morgan fingerprint density at radius 2 is 1.80 bits per heavy atom. The standard InChI is InChI=1S/C15H32N4.HI/c1-5-13(6-2)11-17-15(16-3)18-12-14-7-9-19(4)10-8-14;/h13-14H,5-12H2,1-4H3,(H2,16,17,18);1H. The Bertz CT molecular complexity index is 259. The molecule has 1 rings (SSSR count). The first-order valence-corrected chi connectivity index (χ1v) is 7.82. The van der Waals surface area contributed by atoms with E-state index in [1.165, 1.54) is 38.8 Å². The highest BCUT2D eigenvalue weighted by atomic mass is 127. The van der Waals surface area contributed by atoms with Crippen LogP contribution in [0.5, 0.6) is 0 Å². The zero-order valence-corrected chi connectivity index (χ0v) is 15.9. The molecule has 0 radical (unpaired) electrons. The smallest absolute Gasteiger partial charge is 0.190 e. The number of hydrogen-bond donors (Lipinski definition) is 2. The predicted octanol–water partition coefficient (Wildman–Crippen LogP) is 2.55. The molecule has 1 aliphatic rings. The van der Waals surface area contributed by atoms with Crippen LogP contribution in [0, 0.1) is 11.8 Å². The third-order valence-corrected chi connectivity index (χ3v) is 4.33. The third kappa shape index (κ3) is 7.67. The minimum absolute atomic E-state index is 0. The van der Waals surface area contributed by atoms with Gasteiger partial charge in [-0.2, -0.15) is 0 Å². The summed E-state index contributed by atoms with van der Waals surface area (Å²) in [7, 11) is 4.07. The van der Waals surface area contributed by atoms with E-state index in [-0.39, 0.29) is 24.0 Å². The molecule has 0 unspecified atom stereocenters. The van der Waals surface area contributed by atoms with E-state index >= 15 is 0 Å². The van der Waals surface area contributed by atoms with Crippen molar-refractivity contribution >= 4 is 29.9 Å². The molecular weight excluding hydrogens is 363 g/mol. The summed E-state index contributed by atoms with van der Waals surface area (Å²) >= 11 is 0. The molecule has 20 heavy (non-hydrogen) atoms. The van der Waals surface area contributed by atoms with Crippen LogP contribution in [-0.4, -0.2) is 51.1 Å². The molecule has 0 atom stereocenters. The molecule has 0 aromatic rings. The molecule has 0 saturated carbocycles. The number of hydrogen-bond acceptors (Lipinski definition) is 2. The lowest BCUT2D eigenvalue weighted by Crippen LogP contribution is -2.43. The fraction of sp³-hybridized carbons (Fsp3) is 0.933. The lowest BCUT2D eigenvalue weighted by molar-refractivity contribution is 0.220. The molecule has 0 aliphatic carbocycles. The summed E-state index contributed by atoms with van der Waals surface area (Å²) in [5.41, 5.74) is 0. The van der Waals surface area contributed by atoms with Crippen LogP contribution in [0.15, 0.2) is 4.99 Å². The number of nitrogens with zero attached hydrogens (tertiary/aromatic N) is 2. The van der Waals surface area contributed by atoms with Crippen molar-refractivity contribution in [2.75, 3.05) is 40.3 Å². The second-order valence-electron chi connectivity index (χ2n) is 5.76. The average Bonchev–Trinajstić information content (AvgIpc) is 2.45. The summed E-state index contributed by atoms with van der Waals surface area (Å²) in [6.45, 7) is 9.05. The summed E-state index contributed by atoms with van der Waals surface area (Å²) in [6, 6.07) is 0. The molecular formula is C15H33IN4. The van der Waals surface area contributed by atoms with Crippen LogP contribution in [-0.2, 0) is 0 Å². The highest BCUT2D eigenvalue weighted by molar-refractivity contribution is 14.0. The van der Waals surface area contributed by atoms with Crippen molar-refractivity contribution < 1.29 is 0 Å². The Hall–Kier alpha value is -0.0400. The second kappa shape index (κ2) is 11.6. The number of aliphatic imine (C=N–C) groups is 1. The van der Waals surface area contributed by atoms with E-state index in [0.717, 1.165) is 30.9 Å². The van der Waals surface area contributed by atoms with Gasteiger partial charge < -0.3 is 15.5 Å². The van der Waals surface area contributed by atoms with E-state index in [2.05, 4.69) is 41.4 Å². The Morgan fingerprint density at radius 1 is 1.20 bits per heavy atom. The van der Waals surface area contributed by atoms with Crippen molar-refractivity contribution in [1.82, 2.24) is 15.5 Å². The molecule has 0 bridgehead atoms. The maximum absolute atomic E-state index is 4.31. The lowest BCUT2D eigenvalue weighted by Gasteiger charge is -2.29. The van der Waals surface area contributed by atoms with Crippen molar-refractivity contribution in [3.63, 3.8) is 0 Å². The van der Waals surface area contributed by atoms with Gasteiger partial charge in [-0.25, -0.2) is 0 Å². The topological polar surface area (TPSA) is 39.7 Å². The van der Waals surface area contributed by atoms with Gasteiger partial charge in [-0.1, -0.05) is 26.7 Å². The van der Waals surface area contributed by atoms with Crippen LogP contribution >= 0.6 is 24.0 Å². The van der Waals surface area contributed by atoms with Crippen LogP contribution in [0.2, 0.25) is 0 Å². The monoisotopic (exact) mass is 396 g/mol. The Balaban J connectivity index is 0.00000361. The van der Waals surface area contributed by atoms with Gasteiger partial charge in [0, 0.05) is 20.1 Å². The zero-order chi connectivity index (χ0) is 14.1. The Kier molecular flexibility index (Phi) is 11.6. The molecule has 0 aromatic carbocycles. The van der Waals surface area contributed by atoms with Gasteiger partial charge in [-0.3, -0.25) is 4.99 Å². The summed E-state index contributed by atoms with van der Waals surface area (Å²) in [4.78, 5) is 6.73. The van der Waals surface area contributed by atoms with Crippen molar-refractivity contribution in [2.24, 2.45) is 16.8 Å². The van der Waals surface area contributed by atoms with Gasteiger partial charge in [0.25, 0.3) is 0 Å². The highest BCUT2D eigenvalue weighted by Gasteiger charge is 2.16. The van der Waals surface area contributed by atoms with E-state index in [1.54, 1.807) is 0 Å². The molecule has 0 spiro atoms. The molecule has 5 heteroatoms. The van der Waals surface area contributed by atoms with Crippen molar-refractivity contribution in [3.05, 3.63) is 0 Å². The molecule has 0 amide bonds. The molecule has 1 fully saturated rings. The number of piperidine rings is 1. The highest BCUT2D eigenvalue weighted by Crippen LogP contribution is 2.14. The number of guanidine groups is 1. The summed E-state index contributed by atoms with van der Waals surface area (Å²) in [5, 5.41) is 6.93. The number of likely N-dealkylation sites (tertiary alicyclic amines) is 1. The van der Waals surface area contributed by atoms with Gasteiger partial charge in [0.2, 0.25) is 0 Å². The van der Waals surface area contributed by atoms with E-state index in [0.29, 0.717) is 0 Å². The SMILES string of the molecule is CCC(CC)CNC(=NC)NCC1CCN(C)CC1.I. The van der Waals surface area contributed by atoms with Gasteiger partial charge in [0.15, 0.2) is 5.96 Å². The van der Waals surface area contributed by atoms with Crippen LogP contribution < -0.4 is 10.6 Å². The van der Waals surface area contributed by atoms with Crippen molar-refractivity contribution in [1.29, 1.82) is 0 Å². The summed E-state index contributed by atoms with van der Waals surface area (Å²) < 4.78 is 0. The molecule has 1 saturated heterocycles. The fourth-order valence-electron chi connectivity index (χ4n) is 2.55. The first-order chi connectivity index (χ1) is 9.19. The number of halogens is 1. The minimum atomic E-state index is 0. The maximum atomic E-state index is 4.31. The zero-order valence-electron chi connectivity index (χ0n) is 13.6. The summed E-state index contributed by atoms with van der Waals surface area (Å²) in [5.74, 6) is 2.51. The summed E-state index contributed by atoms with van der Waals surface area (Å²) in [6.07, 6.45) is 5.06. The number of nitrogens with one attached hydrogen (secondary N) is 2. The molecule has 4 nitrogen and oxygen atoms in total. The lowest BCUT2D eigenvalue weighted by atomic mass is 9.97. The Morgan fingerprint density at radius 3 is 2.30 bits per heavy atom. The van der Waals surface area contributed by atoms with Crippen molar-refractivity contribution in [3.8, 4) is 0 Å². The van der Waals surface area contributed by atoms with Crippen LogP contribution in [0.25, 0.3) is 0 Å². The van der Waals surface area contributed by atoms with Crippen LogP contribution in [0.3, 0.4) is 0 Å². The fourth-order valence-corrected chi connectivity index (χ4v) is 2.55. The minimum Gasteiger partial charge on any atom is -0.356 e. The molecule has 120 valence electrons. The average molecular weight is 396 g/mol. The van der Waals surface area contributed by atoms with Gasteiger partial charge in [-0.05, 0) is 44.8 Å². The normalized spacial score (nSPS) is 17.9. The van der Waals surface area contributed by atoms with E-state index < -0.39 is 0 Å². The van der Waals surface area contributed by atoms with E-state index in [4.69, 9.17) is 0 Å². The van der Waals surface area contributed by atoms with Crippen molar-refractivity contribution in [2.45, 2.75) is 39.5 Å². The quantitative estimate of drug-likeness (QED) is 0.412. The van der Waals surface area contributed by atoms with E-state index in [9.17, 15) is 0 Å².